The van der Waals surface area contributed by atoms with Crippen LogP contribution in [-0.4, -0.2) is 22.6 Å². The zero-order valence-electron chi connectivity index (χ0n) is 10.1. The van der Waals surface area contributed by atoms with Crippen molar-refractivity contribution in [3.63, 3.8) is 0 Å². The molecule has 9 heteroatoms. The van der Waals surface area contributed by atoms with E-state index < -0.39 is 31.8 Å². The van der Waals surface area contributed by atoms with E-state index >= 15 is 0 Å². The van der Waals surface area contributed by atoms with E-state index in [2.05, 4.69) is 4.72 Å². The van der Waals surface area contributed by atoms with Gasteiger partial charge in [0.1, 0.15) is 0 Å². The fourth-order valence-corrected chi connectivity index (χ4v) is 2.85. The zero-order chi connectivity index (χ0) is 14.7. The first-order valence-corrected chi connectivity index (χ1v) is 8.35. The molecule has 0 aliphatic carbocycles. The topological polar surface area (TPSA) is 130 Å². The van der Waals surface area contributed by atoms with Gasteiger partial charge in [-0.25, -0.2) is 26.7 Å². The van der Waals surface area contributed by atoms with Crippen molar-refractivity contribution in [3.05, 3.63) is 29.8 Å². The first-order valence-electron chi connectivity index (χ1n) is 5.15. The predicted octanol–water partition coefficient (Wildman–Crippen LogP) is -0.162. The molecule has 1 aromatic rings. The number of nitrogens with two attached hydrogens (primary N) is 1. The average Bonchev–Trinajstić information content (AvgIpc) is 2.27. The lowest BCUT2D eigenvalue weighted by molar-refractivity contribution is 0.570. The van der Waals surface area contributed by atoms with Gasteiger partial charge >= 0.3 is 0 Å². The molecule has 104 valence electrons. The highest BCUT2D eigenvalue weighted by Crippen LogP contribution is 2.16. The molecule has 0 saturated carbocycles. The van der Waals surface area contributed by atoms with Crippen LogP contribution < -0.4 is 9.86 Å². The minimum absolute atomic E-state index is 0.0525. The summed E-state index contributed by atoms with van der Waals surface area (Å²) in [5, 5.41) is 13.3. The summed E-state index contributed by atoms with van der Waals surface area (Å²) in [4.78, 5) is -0.0525. The van der Waals surface area contributed by atoms with Crippen LogP contribution in [0, 0.1) is 11.3 Å². The fraction of sp³-hybridized carbons (Fsp3) is 0.300. The molecule has 0 aromatic heterocycles. The van der Waals surface area contributed by atoms with Gasteiger partial charge in [-0.3, -0.25) is 0 Å². The first kappa shape index (κ1) is 15.6. The zero-order valence-corrected chi connectivity index (χ0v) is 11.7. The van der Waals surface area contributed by atoms with Crippen LogP contribution in [0.4, 0.5) is 0 Å². The molecule has 0 spiro atoms. The van der Waals surface area contributed by atoms with Gasteiger partial charge in [-0.1, -0.05) is 12.1 Å². The maximum atomic E-state index is 11.4. The highest BCUT2D eigenvalue weighted by Gasteiger charge is 2.16. The van der Waals surface area contributed by atoms with Gasteiger partial charge in [0.05, 0.1) is 11.0 Å². The van der Waals surface area contributed by atoms with Crippen LogP contribution >= 0.6 is 0 Å². The molecule has 0 fully saturated rings. The standard InChI is InChI=1S/C10H13N3O4S2/c1-8(13-18(14,15)7-6-11)9-2-4-10(5-3-9)19(12,16)17/h2-5,8,13H,7H2,1H3,(H2,12,16,17). The minimum atomic E-state index is -3.77. The summed E-state index contributed by atoms with van der Waals surface area (Å²) in [5.41, 5.74) is 0.564. The molecule has 19 heavy (non-hydrogen) atoms. The number of rotatable bonds is 5. The molecule has 0 radical (unpaired) electrons. The molecule has 1 aromatic carbocycles. The van der Waals surface area contributed by atoms with Crippen molar-refractivity contribution >= 4 is 20.0 Å². The average molecular weight is 303 g/mol. The minimum Gasteiger partial charge on any atom is -0.225 e. The molecule has 3 N–H and O–H groups in total. The third-order valence-electron chi connectivity index (χ3n) is 2.32. The van der Waals surface area contributed by atoms with E-state index in [-0.39, 0.29) is 4.90 Å². The van der Waals surface area contributed by atoms with Crippen molar-refractivity contribution in [3.8, 4) is 6.07 Å². The largest absolute Gasteiger partial charge is 0.238 e. The SMILES string of the molecule is CC(NS(=O)(=O)CC#N)c1ccc(S(N)(=O)=O)cc1. The molecule has 1 atom stereocenters. The Bertz CT molecular complexity index is 687. The van der Waals surface area contributed by atoms with Crippen LogP contribution in [0.25, 0.3) is 0 Å². The second-order valence-corrected chi connectivity index (χ2v) is 7.19. The van der Waals surface area contributed by atoms with E-state index in [1.54, 1.807) is 13.0 Å². The van der Waals surface area contributed by atoms with Crippen molar-refractivity contribution in [2.24, 2.45) is 5.14 Å². The molecule has 0 aliphatic heterocycles. The molecule has 0 aliphatic rings. The van der Waals surface area contributed by atoms with E-state index in [0.29, 0.717) is 5.56 Å². The highest BCUT2D eigenvalue weighted by atomic mass is 32.2. The van der Waals surface area contributed by atoms with Gasteiger partial charge in [-0.2, -0.15) is 5.26 Å². The van der Waals surface area contributed by atoms with Crippen molar-refractivity contribution in [2.45, 2.75) is 17.9 Å². The van der Waals surface area contributed by atoms with Gasteiger partial charge in [0.15, 0.2) is 5.75 Å². The summed E-state index contributed by atoms with van der Waals surface area (Å²) in [6.07, 6.45) is 0. The molecular weight excluding hydrogens is 290 g/mol. The predicted molar refractivity (Wildman–Crippen MR) is 68.8 cm³/mol. The van der Waals surface area contributed by atoms with Crippen molar-refractivity contribution in [1.29, 1.82) is 5.26 Å². The van der Waals surface area contributed by atoms with Crippen LogP contribution in [0.1, 0.15) is 18.5 Å². The molecule has 0 heterocycles. The lowest BCUT2D eigenvalue weighted by atomic mass is 10.1. The van der Waals surface area contributed by atoms with Gasteiger partial charge < -0.3 is 0 Å². The van der Waals surface area contributed by atoms with Gasteiger partial charge in [0.25, 0.3) is 0 Å². The third-order valence-corrected chi connectivity index (χ3v) is 4.47. The molecule has 1 rings (SSSR count). The van der Waals surface area contributed by atoms with Crippen LogP contribution in [-0.2, 0) is 20.0 Å². The first-order chi connectivity index (χ1) is 8.65. The van der Waals surface area contributed by atoms with Gasteiger partial charge in [0.2, 0.25) is 20.0 Å². The van der Waals surface area contributed by atoms with Crippen LogP contribution in [0.3, 0.4) is 0 Å². The maximum absolute atomic E-state index is 11.4. The Balaban J connectivity index is 2.91. The quantitative estimate of drug-likeness (QED) is 0.780. The lowest BCUT2D eigenvalue weighted by Gasteiger charge is -2.13. The van der Waals surface area contributed by atoms with E-state index in [0.717, 1.165) is 0 Å². The van der Waals surface area contributed by atoms with Crippen molar-refractivity contribution < 1.29 is 16.8 Å². The number of primary sulfonamides is 1. The van der Waals surface area contributed by atoms with Crippen LogP contribution in [0.15, 0.2) is 29.2 Å². The lowest BCUT2D eigenvalue weighted by Crippen LogP contribution is -2.28. The summed E-state index contributed by atoms with van der Waals surface area (Å²) < 4.78 is 47.2. The number of benzene rings is 1. The maximum Gasteiger partial charge on any atom is 0.238 e. The Morgan fingerprint density at radius 1 is 1.26 bits per heavy atom. The van der Waals surface area contributed by atoms with Crippen LogP contribution in [0.5, 0.6) is 0 Å². The Kier molecular flexibility index (Phi) is 4.65. The number of nitrogens with one attached hydrogen (secondary N) is 1. The summed E-state index contributed by atoms with van der Waals surface area (Å²) >= 11 is 0. The summed E-state index contributed by atoms with van der Waals surface area (Å²) in [6.45, 7) is 1.58. The van der Waals surface area contributed by atoms with Gasteiger partial charge in [-0.05, 0) is 24.6 Å². The normalized spacial score (nSPS) is 13.7. The number of hydrogen-bond donors (Lipinski definition) is 2. The van der Waals surface area contributed by atoms with E-state index in [4.69, 9.17) is 10.4 Å². The summed E-state index contributed by atoms with van der Waals surface area (Å²) in [7, 11) is -7.44. The Labute approximate surface area is 112 Å². The van der Waals surface area contributed by atoms with Gasteiger partial charge in [0, 0.05) is 6.04 Å². The second kappa shape index (κ2) is 5.66. The summed E-state index contributed by atoms with van der Waals surface area (Å²) in [6, 6.07) is 6.47. The number of nitriles is 1. The number of sulfonamides is 2. The number of nitrogens with zero attached hydrogens (tertiary/aromatic N) is 1. The van der Waals surface area contributed by atoms with E-state index in [1.807, 2.05) is 0 Å². The molecule has 1 unspecified atom stereocenters. The monoisotopic (exact) mass is 303 g/mol. The van der Waals surface area contributed by atoms with Gasteiger partial charge in [-0.15, -0.1) is 0 Å². The molecular formula is C10H13N3O4S2. The fourth-order valence-electron chi connectivity index (χ4n) is 1.41. The molecule has 0 amide bonds. The summed E-state index contributed by atoms with van der Waals surface area (Å²) in [5.74, 6) is -0.632. The smallest absolute Gasteiger partial charge is 0.225 e. The highest BCUT2D eigenvalue weighted by molar-refractivity contribution is 7.89. The Morgan fingerprint density at radius 2 is 1.79 bits per heavy atom. The molecule has 7 nitrogen and oxygen atoms in total. The van der Waals surface area contributed by atoms with Crippen molar-refractivity contribution in [2.75, 3.05) is 5.75 Å². The molecule has 0 saturated heterocycles. The van der Waals surface area contributed by atoms with E-state index in [1.165, 1.54) is 24.3 Å². The third kappa shape index (κ3) is 4.60. The Morgan fingerprint density at radius 3 is 2.21 bits per heavy atom. The van der Waals surface area contributed by atoms with E-state index in [9.17, 15) is 16.8 Å². The number of hydrogen-bond acceptors (Lipinski definition) is 5. The van der Waals surface area contributed by atoms with Crippen molar-refractivity contribution in [1.82, 2.24) is 4.72 Å². The second-order valence-electron chi connectivity index (χ2n) is 3.87. The van der Waals surface area contributed by atoms with Crippen LogP contribution in [0.2, 0.25) is 0 Å². The Hall–Kier alpha value is -1.47. The molecule has 0 bridgehead atoms.